The summed E-state index contributed by atoms with van der Waals surface area (Å²) in [6.45, 7) is 2.83. The summed E-state index contributed by atoms with van der Waals surface area (Å²) in [7, 11) is 0. The zero-order chi connectivity index (χ0) is 14.7. The number of hydrogen-bond acceptors (Lipinski definition) is 5. The zero-order valence-corrected chi connectivity index (χ0v) is 13.1. The second-order valence-electron chi connectivity index (χ2n) is 5.20. The van der Waals surface area contributed by atoms with Gasteiger partial charge in [-0.05, 0) is 50.3 Å². The van der Waals surface area contributed by atoms with Gasteiger partial charge in [0.25, 0.3) is 0 Å². The molecule has 1 heterocycles. The molecule has 0 unspecified atom stereocenters. The summed E-state index contributed by atoms with van der Waals surface area (Å²) in [4.78, 5) is 9.94. The summed E-state index contributed by atoms with van der Waals surface area (Å²) >= 11 is 1.71. The minimum absolute atomic E-state index is 0.402. The van der Waals surface area contributed by atoms with E-state index in [0.717, 1.165) is 23.6 Å². The van der Waals surface area contributed by atoms with Crippen LogP contribution in [0.25, 0.3) is 0 Å². The summed E-state index contributed by atoms with van der Waals surface area (Å²) in [6, 6.07) is 9.02. The van der Waals surface area contributed by atoms with Gasteiger partial charge in [-0.15, -0.1) is 11.8 Å². The van der Waals surface area contributed by atoms with Gasteiger partial charge >= 0.3 is 6.01 Å². The average Bonchev–Trinajstić information content (AvgIpc) is 3.31. The van der Waals surface area contributed by atoms with Crippen LogP contribution in [-0.2, 0) is 6.54 Å². The second-order valence-corrected chi connectivity index (χ2v) is 6.08. The summed E-state index contributed by atoms with van der Waals surface area (Å²) < 4.78 is 5.70. The zero-order valence-electron chi connectivity index (χ0n) is 12.3. The van der Waals surface area contributed by atoms with Crippen LogP contribution < -0.4 is 10.1 Å². The minimum Gasteiger partial charge on any atom is -0.424 e. The highest BCUT2D eigenvalue weighted by atomic mass is 32.2. The highest BCUT2D eigenvalue weighted by molar-refractivity contribution is 7.98. The normalized spacial score (nSPS) is 14.2. The molecule has 2 aromatic rings. The number of benzene rings is 1. The van der Waals surface area contributed by atoms with Crippen LogP contribution in [0.1, 0.15) is 24.1 Å². The van der Waals surface area contributed by atoms with Crippen molar-refractivity contribution in [2.24, 2.45) is 0 Å². The number of hydrogen-bond donors (Lipinski definition) is 1. The van der Waals surface area contributed by atoms with E-state index in [-0.39, 0.29) is 0 Å². The molecular weight excluding hydrogens is 282 g/mol. The first-order valence-electron chi connectivity index (χ1n) is 7.12. The fraction of sp³-hybridized carbons (Fsp3) is 0.375. The van der Waals surface area contributed by atoms with Crippen molar-refractivity contribution < 1.29 is 4.74 Å². The van der Waals surface area contributed by atoms with E-state index in [0.29, 0.717) is 12.1 Å². The maximum atomic E-state index is 5.70. The molecule has 0 saturated heterocycles. The number of aromatic nitrogens is 2. The first kappa shape index (κ1) is 14.4. The summed E-state index contributed by atoms with van der Waals surface area (Å²) in [5, 5.41) is 3.47. The maximum absolute atomic E-state index is 5.70. The van der Waals surface area contributed by atoms with Crippen LogP contribution in [0.3, 0.4) is 0 Å². The Morgan fingerprint density at radius 1 is 1.29 bits per heavy atom. The molecule has 4 nitrogen and oxygen atoms in total. The van der Waals surface area contributed by atoms with E-state index in [2.05, 4.69) is 21.5 Å². The Morgan fingerprint density at radius 2 is 2.05 bits per heavy atom. The van der Waals surface area contributed by atoms with Gasteiger partial charge in [-0.3, -0.25) is 0 Å². The van der Waals surface area contributed by atoms with E-state index < -0.39 is 0 Å². The van der Waals surface area contributed by atoms with Crippen molar-refractivity contribution >= 4 is 11.8 Å². The van der Waals surface area contributed by atoms with Gasteiger partial charge in [0.2, 0.25) is 0 Å². The molecular formula is C16H19N3OS. The van der Waals surface area contributed by atoms with Crippen LogP contribution in [0.2, 0.25) is 0 Å². The van der Waals surface area contributed by atoms with E-state index in [1.54, 1.807) is 11.8 Å². The van der Waals surface area contributed by atoms with Gasteiger partial charge in [-0.2, -0.15) is 4.98 Å². The molecule has 0 amide bonds. The SMILES string of the molecule is CSc1ccc(Oc2ncc(CNC3CC3)c(C)n2)cc1. The molecule has 0 aliphatic heterocycles. The quantitative estimate of drug-likeness (QED) is 0.827. The van der Waals surface area contributed by atoms with Crippen LogP contribution in [0.15, 0.2) is 35.4 Å². The van der Waals surface area contributed by atoms with Crippen LogP contribution in [-0.4, -0.2) is 22.3 Å². The van der Waals surface area contributed by atoms with Crippen molar-refractivity contribution in [1.29, 1.82) is 0 Å². The van der Waals surface area contributed by atoms with Crippen LogP contribution in [0.5, 0.6) is 11.8 Å². The van der Waals surface area contributed by atoms with Gasteiger partial charge in [-0.1, -0.05) is 0 Å². The Kier molecular flexibility index (Phi) is 4.41. The Hall–Kier alpha value is -1.59. The number of thioether (sulfide) groups is 1. The molecule has 1 N–H and O–H groups in total. The van der Waals surface area contributed by atoms with Crippen LogP contribution >= 0.6 is 11.8 Å². The van der Waals surface area contributed by atoms with Crippen molar-refractivity contribution in [1.82, 2.24) is 15.3 Å². The monoisotopic (exact) mass is 301 g/mol. The Morgan fingerprint density at radius 3 is 2.67 bits per heavy atom. The first-order chi connectivity index (χ1) is 10.2. The van der Waals surface area contributed by atoms with Gasteiger partial charge in [0, 0.05) is 34.9 Å². The number of aryl methyl sites for hydroxylation is 1. The number of nitrogens with one attached hydrogen (secondary N) is 1. The van der Waals surface area contributed by atoms with Gasteiger partial charge in [0.1, 0.15) is 5.75 Å². The molecule has 5 heteroatoms. The van der Waals surface area contributed by atoms with Gasteiger partial charge < -0.3 is 10.1 Å². The lowest BCUT2D eigenvalue weighted by molar-refractivity contribution is 0.438. The Labute approximate surface area is 129 Å². The minimum atomic E-state index is 0.402. The van der Waals surface area contributed by atoms with Gasteiger partial charge in [-0.25, -0.2) is 4.98 Å². The summed E-state index contributed by atoms with van der Waals surface area (Å²) in [6.07, 6.45) is 6.47. The van der Waals surface area contributed by atoms with Gasteiger partial charge in [0.15, 0.2) is 0 Å². The Bertz CT molecular complexity index is 611. The van der Waals surface area contributed by atoms with Gasteiger partial charge in [0.05, 0.1) is 0 Å². The number of nitrogens with zero attached hydrogens (tertiary/aromatic N) is 2. The van der Waals surface area contributed by atoms with Crippen molar-refractivity contribution in [2.45, 2.75) is 37.2 Å². The lowest BCUT2D eigenvalue weighted by Crippen LogP contribution is -2.16. The van der Waals surface area contributed by atoms with Crippen LogP contribution in [0.4, 0.5) is 0 Å². The topological polar surface area (TPSA) is 47.0 Å². The lowest BCUT2D eigenvalue weighted by atomic mass is 10.2. The third kappa shape index (κ3) is 3.95. The molecule has 1 fully saturated rings. The predicted octanol–water partition coefficient (Wildman–Crippen LogP) is 3.55. The van der Waals surface area contributed by atoms with Crippen molar-refractivity contribution in [3.05, 3.63) is 41.7 Å². The molecule has 110 valence electrons. The second kappa shape index (κ2) is 6.45. The summed E-state index contributed by atoms with van der Waals surface area (Å²) in [5.41, 5.74) is 2.10. The third-order valence-electron chi connectivity index (χ3n) is 3.49. The van der Waals surface area contributed by atoms with Crippen molar-refractivity contribution in [2.75, 3.05) is 6.26 Å². The van der Waals surface area contributed by atoms with Crippen LogP contribution in [0, 0.1) is 6.92 Å². The molecule has 0 spiro atoms. The molecule has 21 heavy (non-hydrogen) atoms. The maximum Gasteiger partial charge on any atom is 0.322 e. The van der Waals surface area contributed by atoms with Crippen molar-refractivity contribution in [3.8, 4) is 11.8 Å². The highest BCUT2D eigenvalue weighted by Gasteiger charge is 2.20. The molecule has 0 bridgehead atoms. The number of ether oxygens (including phenoxy) is 1. The molecule has 1 aromatic carbocycles. The van der Waals surface area contributed by atoms with E-state index >= 15 is 0 Å². The molecule has 0 atom stereocenters. The third-order valence-corrected chi connectivity index (χ3v) is 4.23. The molecule has 1 saturated carbocycles. The smallest absolute Gasteiger partial charge is 0.322 e. The largest absolute Gasteiger partial charge is 0.424 e. The highest BCUT2D eigenvalue weighted by Crippen LogP contribution is 2.23. The fourth-order valence-corrected chi connectivity index (χ4v) is 2.39. The van der Waals surface area contributed by atoms with E-state index in [1.165, 1.54) is 17.7 Å². The predicted molar refractivity (Wildman–Crippen MR) is 84.9 cm³/mol. The van der Waals surface area contributed by atoms with E-state index in [4.69, 9.17) is 4.74 Å². The molecule has 1 aromatic heterocycles. The summed E-state index contributed by atoms with van der Waals surface area (Å²) in [5.74, 6) is 0.760. The average molecular weight is 301 g/mol. The van der Waals surface area contributed by atoms with Crippen molar-refractivity contribution in [3.63, 3.8) is 0 Å². The molecule has 3 rings (SSSR count). The fourth-order valence-electron chi connectivity index (χ4n) is 1.98. The molecule has 1 aliphatic carbocycles. The van der Waals surface area contributed by atoms with E-state index in [1.807, 2.05) is 37.4 Å². The molecule has 1 aliphatic rings. The number of rotatable bonds is 6. The lowest BCUT2D eigenvalue weighted by Gasteiger charge is -2.08. The first-order valence-corrected chi connectivity index (χ1v) is 8.35. The van der Waals surface area contributed by atoms with E-state index in [9.17, 15) is 0 Å². The Balaban J connectivity index is 1.65. The molecule has 0 radical (unpaired) electrons. The standard InChI is InChI=1S/C16H19N3OS/c1-11-12(9-17-13-3-4-13)10-18-16(19-11)20-14-5-7-15(21-2)8-6-14/h5-8,10,13,17H,3-4,9H2,1-2H3.